The highest BCUT2D eigenvalue weighted by Gasteiger charge is 2.24. The normalized spacial score (nSPS) is 19.4. The number of carbonyl (C=O) groups is 2. The summed E-state index contributed by atoms with van der Waals surface area (Å²) in [5.74, 6) is -1.36. The first-order valence-electron chi connectivity index (χ1n) is 7.81. The van der Waals surface area contributed by atoms with Gasteiger partial charge in [-0.05, 0) is 43.9 Å². The van der Waals surface area contributed by atoms with E-state index in [9.17, 15) is 18.4 Å². The lowest BCUT2D eigenvalue weighted by molar-refractivity contribution is -0.122. The Kier molecular flexibility index (Phi) is 5.90. The predicted molar refractivity (Wildman–Crippen MR) is 81.7 cm³/mol. The maximum absolute atomic E-state index is 13.8. The molecule has 1 aliphatic heterocycles. The van der Waals surface area contributed by atoms with E-state index in [0.717, 1.165) is 31.0 Å². The first-order chi connectivity index (χ1) is 11.0. The van der Waals surface area contributed by atoms with Crippen molar-refractivity contribution in [3.63, 3.8) is 0 Å². The molecular weight excluding hydrogens is 304 g/mol. The van der Waals surface area contributed by atoms with Crippen molar-refractivity contribution in [2.75, 3.05) is 6.54 Å². The summed E-state index contributed by atoms with van der Waals surface area (Å²) in [5, 5.41) is 7.93. The van der Waals surface area contributed by atoms with Crippen LogP contribution in [0.1, 0.15) is 44.2 Å². The van der Waals surface area contributed by atoms with Crippen molar-refractivity contribution >= 4 is 11.9 Å². The van der Waals surface area contributed by atoms with E-state index in [2.05, 4.69) is 16.0 Å². The number of hydrogen-bond acceptors (Lipinski definition) is 2. The van der Waals surface area contributed by atoms with Crippen LogP contribution in [0.15, 0.2) is 18.2 Å². The molecule has 3 N–H and O–H groups in total. The van der Waals surface area contributed by atoms with Gasteiger partial charge in [0.25, 0.3) is 0 Å². The number of benzene rings is 1. The maximum Gasteiger partial charge on any atom is 0.315 e. The van der Waals surface area contributed by atoms with Gasteiger partial charge in [0.15, 0.2) is 0 Å². The third-order valence-electron chi connectivity index (χ3n) is 3.89. The van der Waals surface area contributed by atoms with Crippen molar-refractivity contribution in [3.05, 3.63) is 35.4 Å². The van der Waals surface area contributed by atoms with Crippen LogP contribution in [0.5, 0.6) is 0 Å². The highest BCUT2D eigenvalue weighted by molar-refractivity contribution is 5.87. The zero-order valence-electron chi connectivity index (χ0n) is 13.0. The van der Waals surface area contributed by atoms with E-state index < -0.39 is 29.7 Å². The molecule has 23 heavy (non-hydrogen) atoms. The second kappa shape index (κ2) is 7.89. The van der Waals surface area contributed by atoms with Crippen LogP contribution in [-0.2, 0) is 4.79 Å². The fourth-order valence-electron chi connectivity index (χ4n) is 2.62. The van der Waals surface area contributed by atoms with Gasteiger partial charge < -0.3 is 16.0 Å². The largest absolute Gasteiger partial charge is 0.354 e. The molecule has 3 amide bonds. The molecule has 0 aromatic heterocycles. The zero-order valence-corrected chi connectivity index (χ0v) is 13.0. The molecule has 7 heteroatoms. The molecule has 1 fully saturated rings. The first-order valence-corrected chi connectivity index (χ1v) is 7.81. The van der Waals surface area contributed by atoms with Gasteiger partial charge in [0.05, 0.1) is 6.04 Å². The summed E-state index contributed by atoms with van der Waals surface area (Å²) in [6.45, 7) is 2.36. The third-order valence-corrected chi connectivity index (χ3v) is 3.89. The number of rotatable bonds is 4. The molecule has 2 atom stereocenters. The second-order valence-corrected chi connectivity index (χ2v) is 5.58. The average Bonchev–Trinajstić information content (AvgIpc) is 2.72. The van der Waals surface area contributed by atoms with Crippen LogP contribution in [-0.4, -0.2) is 24.5 Å². The van der Waals surface area contributed by atoms with Crippen LogP contribution in [0.3, 0.4) is 0 Å². The number of urea groups is 1. The minimum atomic E-state index is -0.667. The average molecular weight is 325 g/mol. The van der Waals surface area contributed by atoms with Gasteiger partial charge in [-0.15, -0.1) is 0 Å². The molecular formula is C16H21F2N3O2. The summed E-state index contributed by atoms with van der Waals surface area (Å²) in [5.41, 5.74) is 0.0907. The Balaban J connectivity index is 2.02. The Hall–Kier alpha value is -2.18. The van der Waals surface area contributed by atoms with Gasteiger partial charge in [-0.2, -0.15) is 0 Å². The minimum Gasteiger partial charge on any atom is -0.354 e. The number of hydrogen-bond donors (Lipinski definition) is 3. The van der Waals surface area contributed by atoms with Crippen LogP contribution >= 0.6 is 0 Å². The van der Waals surface area contributed by atoms with E-state index in [0.29, 0.717) is 19.4 Å². The lowest BCUT2D eigenvalue weighted by atomic mass is 10.0. The molecule has 1 aromatic carbocycles. The molecule has 0 radical (unpaired) electrons. The second-order valence-electron chi connectivity index (χ2n) is 5.58. The molecule has 0 spiro atoms. The molecule has 0 aliphatic carbocycles. The van der Waals surface area contributed by atoms with Crippen LogP contribution in [0.4, 0.5) is 13.6 Å². The van der Waals surface area contributed by atoms with Crippen molar-refractivity contribution in [2.45, 2.75) is 44.7 Å². The monoisotopic (exact) mass is 325 g/mol. The molecule has 126 valence electrons. The molecule has 1 saturated heterocycles. The standard InChI is InChI=1S/C16H21F2N3O2/c1-2-13(11-9-10(17)6-7-12(11)18)20-16(23)21-14-5-3-4-8-19-15(14)22/h6-7,9,13-14H,2-5,8H2,1H3,(H,19,22)(H2,20,21,23)/t13-,14-/m0/s1. The van der Waals surface area contributed by atoms with Gasteiger partial charge in [0.2, 0.25) is 5.91 Å². The SMILES string of the molecule is CC[C@H](NC(=O)N[C@H]1CCCCNC1=O)c1cc(F)ccc1F. The van der Waals surface area contributed by atoms with Crippen molar-refractivity contribution in [1.82, 2.24) is 16.0 Å². The summed E-state index contributed by atoms with van der Waals surface area (Å²) < 4.78 is 27.1. The lowest BCUT2D eigenvalue weighted by Crippen LogP contribution is -2.49. The summed E-state index contributed by atoms with van der Waals surface area (Å²) in [4.78, 5) is 23.9. The Morgan fingerprint density at radius 2 is 2.17 bits per heavy atom. The summed E-state index contributed by atoms with van der Waals surface area (Å²) in [6.07, 6.45) is 2.66. The van der Waals surface area contributed by atoms with E-state index >= 15 is 0 Å². The van der Waals surface area contributed by atoms with Crippen molar-refractivity contribution in [1.29, 1.82) is 0 Å². The highest BCUT2D eigenvalue weighted by Crippen LogP contribution is 2.21. The quantitative estimate of drug-likeness (QED) is 0.795. The van der Waals surface area contributed by atoms with E-state index in [1.54, 1.807) is 6.92 Å². The summed E-state index contributed by atoms with van der Waals surface area (Å²) in [6, 6.07) is 1.30. The fraction of sp³-hybridized carbons (Fsp3) is 0.500. The topological polar surface area (TPSA) is 70.2 Å². The van der Waals surface area contributed by atoms with Crippen LogP contribution in [0.2, 0.25) is 0 Å². The highest BCUT2D eigenvalue weighted by atomic mass is 19.1. The maximum atomic E-state index is 13.8. The Bertz CT molecular complexity index is 580. The van der Waals surface area contributed by atoms with Gasteiger partial charge >= 0.3 is 6.03 Å². The minimum absolute atomic E-state index is 0.0907. The van der Waals surface area contributed by atoms with Crippen molar-refractivity contribution in [3.8, 4) is 0 Å². The van der Waals surface area contributed by atoms with Crippen LogP contribution in [0.25, 0.3) is 0 Å². The molecule has 2 rings (SSSR count). The summed E-state index contributed by atoms with van der Waals surface area (Å²) >= 11 is 0. The number of nitrogens with one attached hydrogen (secondary N) is 3. The molecule has 0 unspecified atom stereocenters. The number of carbonyl (C=O) groups excluding carboxylic acids is 2. The zero-order chi connectivity index (χ0) is 16.8. The predicted octanol–water partition coefficient (Wildman–Crippen LogP) is 2.38. The van der Waals surface area contributed by atoms with Gasteiger partial charge in [-0.1, -0.05) is 6.92 Å². The van der Waals surface area contributed by atoms with Crippen molar-refractivity contribution < 1.29 is 18.4 Å². The van der Waals surface area contributed by atoms with Crippen LogP contribution < -0.4 is 16.0 Å². The molecule has 1 aromatic rings. The smallest absolute Gasteiger partial charge is 0.315 e. The van der Waals surface area contributed by atoms with E-state index in [1.165, 1.54) is 0 Å². The first kappa shape index (κ1) is 17.2. The Morgan fingerprint density at radius 1 is 1.39 bits per heavy atom. The van der Waals surface area contributed by atoms with Crippen LogP contribution in [0, 0.1) is 11.6 Å². The van der Waals surface area contributed by atoms with Crippen molar-refractivity contribution in [2.24, 2.45) is 0 Å². The molecule has 0 saturated carbocycles. The molecule has 5 nitrogen and oxygen atoms in total. The lowest BCUT2D eigenvalue weighted by Gasteiger charge is -2.21. The fourth-order valence-corrected chi connectivity index (χ4v) is 2.62. The van der Waals surface area contributed by atoms with Gasteiger partial charge in [0, 0.05) is 12.1 Å². The summed E-state index contributed by atoms with van der Waals surface area (Å²) in [7, 11) is 0. The third kappa shape index (κ3) is 4.64. The number of amides is 3. The molecule has 1 heterocycles. The van der Waals surface area contributed by atoms with E-state index in [1.807, 2.05) is 0 Å². The van der Waals surface area contributed by atoms with Gasteiger partial charge in [0.1, 0.15) is 17.7 Å². The van der Waals surface area contributed by atoms with Gasteiger partial charge in [-0.25, -0.2) is 13.6 Å². The Morgan fingerprint density at radius 3 is 2.91 bits per heavy atom. The van der Waals surface area contributed by atoms with Gasteiger partial charge in [-0.3, -0.25) is 4.79 Å². The molecule has 0 bridgehead atoms. The van der Waals surface area contributed by atoms with E-state index in [4.69, 9.17) is 0 Å². The number of halogens is 2. The Labute approximate surface area is 133 Å². The van der Waals surface area contributed by atoms with E-state index in [-0.39, 0.29) is 11.5 Å². The molecule has 1 aliphatic rings.